The van der Waals surface area contributed by atoms with Gasteiger partial charge in [0.2, 0.25) is 5.91 Å². The van der Waals surface area contributed by atoms with Crippen LogP contribution in [0.5, 0.6) is 11.5 Å². The zero-order valence-electron chi connectivity index (χ0n) is 18.0. The standard InChI is InChI=1S/C23H21N3O4S3/c1-25(10-14-11-29-16-6-3-4-7-17(16)30-14)19(27)13-33-23-24-21-20(22(28)26(23)2)15(12-32-21)18-8-5-9-31-18/h3-9,12,14H,10-11,13H2,1-2H3. The number of likely N-dealkylation sites (N-methyl/N-ethyl adjacent to an activating group) is 1. The molecule has 1 aliphatic rings. The van der Waals surface area contributed by atoms with Gasteiger partial charge in [0.15, 0.2) is 22.8 Å². The van der Waals surface area contributed by atoms with Crippen molar-refractivity contribution in [2.45, 2.75) is 11.3 Å². The quantitative estimate of drug-likeness (QED) is 0.294. The van der Waals surface area contributed by atoms with Gasteiger partial charge < -0.3 is 14.4 Å². The lowest BCUT2D eigenvalue weighted by Gasteiger charge is -2.29. The maximum atomic E-state index is 13.1. The fraction of sp³-hybridized carbons (Fsp3) is 0.261. The van der Waals surface area contributed by atoms with Gasteiger partial charge in [-0.2, -0.15) is 0 Å². The third kappa shape index (κ3) is 4.38. The molecule has 1 atom stereocenters. The first kappa shape index (κ1) is 22.0. The molecule has 1 aromatic carbocycles. The van der Waals surface area contributed by atoms with E-state index in [1.807, 2.05) is 47.2 Å². The van der Waals surface area contributed by atoms with Crippen LogP contribution in [0.4, 0.5) is 0 Å². The number of rotatable bonds is 6. The van der Waals surface area contributed by atoms with Gasteiger partial charge in [-0.1, -0.05) is 30.0 Å². The second kappa shape index (κ2) is 9.20. The molecular formula is C23H21N3O4S3. The molecule has 1 amide bonds. The zero-order valence-corrected chi connectivity index (χ0v) is 20.5. The summed E-state index contributed by atoms with van der Waals surface area (Å²) in [5.41, 5.74) is 0.820. The van der Waals surface area contributed by atoms with Gasteiger partial charge in [0.25, 0.3) is 5.56 Å². The molecule has 1 unspecified atom stereocenters. The normalized spacial score (nSPS) is 15.0. The van der Waals surface area contributed by atoms with Crippen LogP contribution in [0.15, 0.2) is 57.1 Å². The van der Waals surface area contributed by atoms with Crippen LogP contribution >= 0.6 is 34.4 Å². The van der Waals surface area contributed by atoms with Crippen molar-refractivity contribution in [3.05, 3.63) is 57.5 Å². The molecule has 1 aliphatic heterocycles. The summed E-state index contributed by atoms with van der Waals surface area (Å²) in [7, 11) is 3.45. The highest BCUT2D eigenvalue weighted by Crippen LogP contribution is 2.34. The molecule has 0 saturated heterocycles. The summed E-state index contributed by atoms with van der Waals surface area (Å²) in [6.45, 7) is 0.799. The van der Waals surface area contributed by atoms with Crippen molar-refractivity contribution in [3.63, 3.8) is 0 Å². The lowest BCUT2D eigenvalue weighted by Crippen LogP contribution is -2.42. The number of benzene rings is 1. The largest absolute Gasteiger partial charge is 0.486 e. The number of thiophene rings is 2. The smallest absolute Gasteiger partial charge is 0.263 e. The van der Waals surface area contributed by atoms with Crippen molar-refractivity contribution < 1.29 is 14.3 Å². The summed E-state index contributed by atoms with van der Waals surface area (Å²) in [6.07, 6.45) is -0.237. The number of ether oxygens (including phenoxy) is 2. The molecule has 10 heteroatoms. The third-order valence-corrected chi connectivity index (χ3v) is 8.15. The Bertz CT molecular complexity index is 1360. The Labute approximate surface area is 202 Å². The van der Waals surface area contributed by atoms with Gasteiger partial charge in [-0.15, -0.1) is 22.7 Å². The van der Waals surface area contributed by atoms with E-state index in [1.165, 1.54) is 27.7 Å². The molecule has 4 aromatic rings. The van der Waals surface area contributed by atoms with Crippen LogP contribution in [0.1, 0.15) is 0 Å². The van der Waals surface area contributed by atoms with Gasteiger partial charge in [-0.05, 0) is 23.6 Å². The van der Waals surface area contributed by atoms with Gasteiger partial charge in [-0.3, -0.25) is 14.2 Å². The van der Waals surface area contributed by atoms with Gasteiger partial charge in [0, 0.05) is 29.9 Å². The Hall–Kier alpha value is -2.82. The lowest BCUT2D eigenvalue weighted by molar-refractivity contribution is -0.128. The van der Waals surface area contributed by atoms with Crippen molar-refractivity contribution in [2.75, 3.05) is 26.0 Å². The van der Waals surface area contributed by atoms with Crippen LogP contribution in [0.25, 0.3) is 20.7 Å². The first-order chi connectivity index (χ1) is 16.0. The number of carbonyl (C=O) groups is 1. The molecule has 7 nitrogen and oxygen atoms in total. The van der Waals surface area contributed by atoms with E-state index in [-0.39, 0.29) is 23.3 Å². The van der Waals surface area contributed by atoms with E-state index in [4.69, 9.17) is 9.47 Å². The van der Waals surface area contributed by atoms with E-state index in [1.54, 1.807) is 30.3 Å². The Morgan fingerprint density at radius 3 is 2.85 bits per heavy atom. The first-order valence-corrected chi connectivity index (χ1v) is 13.0. The van der Waals surface area contributed by atoms with Crippen molar-refractivity contribution in [1.29, 1.82) is 0 Å². The number of hydrogen-bond donors (Lipinski definition) is 0. The van der Waals surface area contributed by atoms with Crippen LogP contribution < -0.4 is 15.0 Å². The lowest BCUT2D eigenvalue weighted by atomic mass is 10.2. The number of para-hydroxylation sites is 2. The van der Waals surface area contributed by atoms with E-state index in [0.29, 0.717) is 34.3 Å². The van der Waals surface area contributed by atoms with Gasteiger partial charge >= 0.3 is 0 Å². The SMILES string of the molecule is CN(CC1COc2ccccc2O1)C(=O)CSc1nc2scc(-c3cccs3)c2c(=O)n1C. The number of thioether (sulfide) groups is 1. The maximum Gasteiger partial charge on any atom is 0.263 e. The number of carbonyl (C=O) groups excluding carboxylic acids is 1. The summed E-state index contributed by atoms with van der Waals surface area (Å²) in [5.74, 6) is 1.52. The number of nitrogens with zero attached hydrogens (tertiary/aromatic N) is 3. The summed E-state index contributed by atoms with van der Waals surface area (Å²) in [5, 5.41) is 5.13. The van der Waals surface area contributed by atoms with Crippen molar-refractivity contribution in [1.82, 2.24) is 14.5 Å². The van der Waals surface area contributed by atoms with E-state index >= 15 is 0 Å². The fourth-order valence-electron chi connectivity index (χ4n) is 3.59. The van der Waals surface area contributed by atoms with Crippen LogP contribution in [0, 0.1) is 0 Å². The van der Waals surface area contributed by atoms with Crippen LogP contribution in [0.2, 0.25) is 0 Å². The van der Waals surface area contributed by atoms with Crippen molar-refractivity contribution in [3.8, 4) is 21.9 Å². The molecule has 4 heterocycles. The molecule has 3 aromatic heterocycles. The Balaban J connectivity index is 1.25. The first-order valence-electron chi connectivity index (χ1n) is 10.3. The third-order valence-electron chi connectivity index (χ3n) is 5.36. The molecule has 0 N–H and O–H groups in total. The van der Waals surface area contributed by atoms with Crippen LogP contribution in [-0.2, 0) is 11.8 Å². The Kier molecular flexibility index (Phi) is 6.13. The average molecular weight is 500 g/mol. The Morgan fingerprint density at radius 2 is 2.06 bits per heavy atom. The second-order valence-corrected chi connectivity index (χ2v) is 10.4. The second-order valence-electron chi connectivity index (χ2n) is 7.63. The van der Waals surface area contributed by atoms with Crippen LogP contribution in [-0.4, -0.2) is 52.4 Å². The Morgan fingerprint density at radius 1 is 1.24 bits per heavy atom. The van der Waals surface area contributed by atoms with E-state index in [9.17, 15) is 9.59 Å². The molecule has 0 spiro atoms. The minimum absolute atomic E-state index is 0.0674. The highest BCUT2D eigenvalue weighted by Gasteiger charge is 2.24. The zero-order chi connectivity index (χ0) is 22.9. The van der Waals surface area contributed by atoms with Crippen LogP contribution in [0.3, 0.4) is 0 Å². The number of hydrogen-bond acceptors (Lipinski definition) is 8. The topological polar surface area (TPSA) is 73.7 Å². The molecule has 0 radical (unpaired) electrons. The highest BCUT2D eigenvalue weighted by molar-refractivity contribution is 7.99. The van der Waals surface area contributed by atoms with Gasteiger partial charge in [0.05, 0.1) is 17.7 Å². The molecule has 0 saturated carbocycles. The molecule has 0 aliphatic carbocycles. The molecule has 33 heavy (non-hydrogen) atoms. The molecule has 0 fully saturated rings. The molecule has 0 bridgehead atoms. The van der Waals surface area contributed by atoms with Gasteiger partial charge in [-0.25, -0.2) is 4.98 Å². The molecule has 5 rings (SSSR count). The summed E-state index contributed by atoms with van der Waals surface area (Å²) < 4.78 is 13.2. The maximum absolute atomic E-state index is 13.1. The summed E-state index contributed by atoms with van der Waals surface area (Å²) >= 11 is 4.32. The van der Waals surface area contributed by atoms with Crippen molar-refractivity contribution >= 4 is 50.6 Å². The van der Waals surface area contributed by atoms with Gasteiger partial charge in [0.1, 0.15) is 11.4 Å². The molecular weight excluding hydrogens is 478 g/mol. The predicted molar refractivity (Wildman–Crippen MR) is 133 cm³/mol. The minimum Gasteiger partial charge on any atom is -0.486 e. The highest BCUT2D eigenvalue weighted by atomic mass is 32.2. The summed E-state index contributed by atoms with van der Waals surface area (Å²) in [4.78, 5) is 33.9. The molecule has 170 valence electrons. The summed E-state index contributed by atoms with van der Waals surface area (Å²) in [6, 6.07) is 11.5. The van der Waals surface area contributed by atoms with Crippen molar-refractivity contribution in [2.24, 2.45) is 7.05 Å². The minimum atomic E-state index is -0.237. The number of amides is 1. The number of aromatic nitrogens is 2. The number of fused-ring (bicyclic) bond motifs is 2. The fourth-order valence-corrected chi connectivity index (χ4v) is 6.31. The monoisotopic (exact) mass is 499 g/mol. The van der Waals surface area contributed by atoms with E-state index in [2.05, 4.69) is 4.98 Å². The van der Waals surface area contributed by atoms with E-state index in [0.717, 1.165) is 16.2 Å². The van der Waals surface area contributed by atoms with E-state index < -0.39 is 0 Å². The predicted octanol–water partition coefficient (Wildman–Crippen LogP) is 4.11. The average Bonchev–Trinajstić information content (AvgIpc) is 3.50.